The van der Waals surface area contributed by atoms with Gasteiger partial charge in [0.1, 0.15) is 11.4 Å². The van der Waals surface area contributed by atoms with Crippen LogP contribution in [0.5, 0.6) is 0 Å². The van der Waals surface area contributed by atoms with Gasteiger partial charge in [0.05, 0.1) is 7.11 Å². The molecule has 2 fully saturated rings. The Morgan fingerprint density at radius 1 is 1.27 bits per heavy atom. The molecule has 2 aromatic rings. The number of carbonyl (C=O) groups excluding carboxylic acids is 1. The number of carbonyl (C=O) groups is 2. The summed E-state index contributed by atoms with van der Waals surface area (Å²) in [5, 5.41) is 6.89. The fourth-order valence-electron chi connectivity index (χ4n) is 4.72. The van der Waals surface area contributed by atoms with E-state index in [-0.39, 0.29) is 6.47 Å². The van der Waals surface area contributed by atoms with E-state index in [9.17, 15) is 4.79 Å². The van der Waals surface area contributed by atoms with Crippen LogP contribution in [0.2, 0.25) is 0 Å². The van der Waals surface area contributed by atoms with E-state index in [0.29, 0.717) is 11.4 Å². The highest BCUT2D eigenvalue weighted by atomic mass is 16.5. The van der Waals surface area contributed by atoms with Crippen LogP contribution in [0.1, 0.15) is 49.0 Å². The Labute approximate surface area is 176 Å². The molecule has 0 unspecified atom stereocenters. The third-order valence-electron chi connectivity index (χ3n) is 6.06. The number of carboxylic acid groups (broad SMARTS) is 1. The molecule has 0 amide bonds. The van der Waals surface area contributed by atoms with E-state index in [0.717, 1.165) is 24.3 Å². The molecule has 2 aromatic heterocycles. The molecule has 8 heteroatoms. The van der Waals surface area contributed by atoms with Crippen molar-refractivity contribution in [1.82, 2.24) is 19.4 Å². The summed E-state index contributed by atoms with van der Waals surface area (Å²) in [6.07, 6.45) is 11.7. The Morgan fingerprint density at radius 2 is 2.07 bits per heavy atom. The summed E-state index contributed by atoms with van der Waals surface area (Å²) >= 11 is 0. The normalized spacial score (nSPS) is 21.1. The molecule has 0 radical (unpaired) electrons. The van der Waals surface area contributed by atoms with Crippen molar-refractivity contribution in [3.63, 3.8) is 0 Å². The van der Waals surface area contributed by atoms with E-state index in [1.807, 2.05) is 24.5 Å². The van der Waals surface area contributed by atoms with Gasteiger partial charge >= 0.3 is 5.97 Å². The van der Waals surface area contributed by atoms with E-state index < -0.39 is 5.97 Å². The van der Waals surface area contributed by atoms with Crippen LogP contribution in [0.4, 0.5) is 0 Å². The van der Waals surface area contributed by atoms with Gasteiger partial charge in [-0.15, -0.1) is 0 Å². The fourth-order valence-corrected chi connectivity index (χ4v) is 4.72. The van der Waals surface area contributed by atoms with Crippen LogP contribution in [-0.4, -0.2) is 63.2 Å². The zero-order valence-corrected chi connectivity index (χ0v) is 17.4. The summed E-state index contributed by atoms with van der Waals surface area (Å²) in [7, 11) is 1.37. The highest BCUT2D eigenvalue weighted by Gasteiger charge is 2.32. The molecule has 0 bridgehead atoms. The van der Waals surface area contributed by atoms with E-state index in [4.69, 9.17) is 14.6 Å². The molecule has 4 heterocycles. The molecule has 0 saturated carbocycles. The lowest BCUT2D eigenvalue weighted by molar-refractivity contribution is -0.122. The Hall–Kier alpha value is -2.74. The summed E-state index contributed by atoms with van der Waals surface area (Å²) in [6.45, 7) is 3.25. The minimum absolute atomic E-state index is 0.250. The number of aromatic nitrogens is 3. The first kappa shape index (κ1) is 22.0. The number of fused-ring (bicyclic) bond motifs is 1. The molecule has 2 atom stereocenters. The third-order valence-corrected chi connectivity index (χ3v) is 6.06. The molecule has 4 rings (SSSR count). The molecule has 0 spiro atoms. The molecule has 0 aromatic carbocycles. The molecule has 162 valence electrons. The van der Waals surface area contributed by atoms with Crippen molar-refractivity contribution in [2.45, 2.75) is 51.1 Å². The number of pyridine rings is 1. The fraction of sp³-hybridized carbons (Fsp3) is 0.545. The van der Waals surface area contributed by atoms with E-state index in [1.54, 1.807) is 6.07 Å². The second-order valence-corrected chi connectivity index (χ2v) is 7.74. The number of rotatable bonds is 5. The van der Waals surface area contributed by atoms with Crippen LogP contribution in [0.25, 0.3) is 11.5 Å². The van der Waals surface area contributed by atoms with Crippen LogP contribution in [0.3, 0.4) is 0 Å². The monoisotopic (exact) mass is 414 g/mol. The minimum Gasteiger partial charge on any atom is -0.483 e. The van der Waals surface area contributed by atoms with Crippen molar-refractivity contribution in [3.05, 3.63) is 36.3 Å². The maximum Gasteiger partial charge on any atom is 0.356 e. The van der Waals surface area contributed by atoms with Gasteiger partial charge in [0.2, 0.25) is 0 Å². The molecule has 0 aliphatic carbocycles. The van der Waals surface area contributed by atoms with Crippen LogP contribution in [-0.2, 0) is 16.1 Å². The van der Waals surface area contributed by atoms with Gasteiger partial charge < -0.3 is 19.3 Å². The maximum atomic E-state index is 11.8. The summed E-state index contributed by atoms with van der Waals surface area (Å²) < 4.78 is 6.95. The SMILES string of the molecule is COC(=O)c1cccc(-c2nccn2CC[C@@H]2CCCN3CCCC[C@H]23)n1.O=CO. The zero-order valence-electron chi connectivity index (χ0n) is 17.4. The first-order valence-electron chi connectivity index (χ1n) is 10.6. The van der Waals surface area contributed by atoms with Crippen LogP contribution >= 0.6 is 0 Å². The average Bonchev–Trinajstić information content (AvgIpc) is 3.26. The molecular formula is C22H30N4O4. The molecule has 30 heavy (non-hydrogen) atoms. The Balaban J connectivity index is 0.000000806. The van der Waals surface area contributed by atoms with Gasteiger partial charge in [-0.2, -0.15) is 0 Å². The first-order chi connectivity index (χ1) is 14.7. The van der Waals surface area contributed by atoms with Crippen molar-refractivity contribution >= 4 is 12.4 Å². The lowest BCUT2D eigenvalue weighted by atomic mass is 9.81. The number of esters is 1. The van der Waals surface area contributed by atoms with E-state index in [1.165, 1.54) is 58.7 Å². The molecule has 2 saturated heterocycles. The van der Waals surface area contributed by atoms with Crippen molar-refractivity contribution < 1.29 is 19.4 Å². The summed E-state index contributed by atoms with van der Waals surface area (Å²) in [5.74, 6) is 1.16. The van der Waals surface area contributed by atoms with E-state index >= 15 is 0 Å². The first-order valence-corrected chi connectivity index (χ1v) is 10.6. The summed E-state index contributed by atoms with van der Waals surface area (Å²) in [4.78, 5) is 31.8. The molecule has 8 nitrogen and oxygen atoms in total. The third kappa shape index (κ3) is 5.24. The van der Waals surface area contributed by atoms with Crippen molar-refractivity contribution in [1.29, 1.82) is 0 Å². The second-order valence-electron chi connectivity index (χ2n) is 7.74. The van der Waals surface area contributed by atoms with Gasteiger partial charge in [0, 0.05) is 25.0 Å². The predicted octanol–water partition coefficient (Wildman–Crippen LogP) is 3.09. The van der Waals surface area contributed by atoms with Crippen molar-refractivity contribution in [3.8, 4) is 11.5 Å². The van der Waals surface area contributed by atoms with E-state index in [2.05, 4.69) is 19.4 Å². The standard InChI is InChI=1S/C21H28N4O2.CH2O2/c1-27-21(26)18-8-4-7-17(23-18)20-22-11-15-25(20)14-10-16-6-5-13-24-12-3-2-9-19(16)24;2-1-3/h4,7-8,11,15-16,19H,2-3,5-6,9-10,12-14H2,1H3;1H,(H,2,3)/t16-,19+;/m0./s1. The Bertz CT molecular complexity index is 836. The van der Waals surface area contributed by atoms with Gasteiger partial charge in [-0.25, -0.2) is 14.8 Å². The van der Waals surface area contributed by atoms with Crippen molar-refractivity contribution in [2.24, 2.45) is 5.92 Å². The molecule has 2 aliphatic heterocycles. The summed E-state index contributed by atoms with van der Waals surface area (Å²) in [5.41, 5.74) is 1.03. The second kappa shape index (κ2) is 10.9. The molecule has 2 aliphatic rings. The number of piperidine rings is 2. The van der Waals surface area contributed by atoms with Crippen molar-refractivity contribution in [2.75, 3.05) is 20.2 Å². The number of hydrogen-bond donors (Lipinski definition) is 1. The molecular weight excluding hydrogens is 384 g/mol. The van der Waals surface area contributed by atoms with Gasteiger partial charge in [-0.3, -0.25) is 4.79 Å². The van der Waals surface area contributed by atoms with Crippen LogP contribution in [0, 0.1) is 5.92 Å². The number of ether oxygens (including phenoxy) is 1. The van der Waals surface area contributed by atoms with Gasteiger partial charge in [-0.05, 0) is 63.2 Å². The average molecular weight is 415 g/mol. The largest absolute Gasteiger partial charge is 0.483 e. The number of imidazole rings is 1. The Kier molecular flexibility index (Phi) is 7.96. The zero-order chi connectivity index (χ0) is 21.3. The van der Waals surface area contributed by atoms with Gasteiger partial charge in [0.15, 0.2) is 5.82 Å². The topological polar surface area (TPSA) is 97.5 Å². The lowest BCUT2D eigenvalue weighted by Gasteiger charge is -2.44. The van der Waals surface area contributed by atoms with Gasteiger partial charge in [0.25, 0.3) is 6.47 Å². The van der Waals surface area contributed by atoms with Crippen LogP contribution in [0.15, 0.2) is 30.6 Å². The number of aryl methyl sites for hydroxylation is 1. The highest BCUT2D eigenvalue weighted by Crippen LogP contribution is 2.33. The summed E-state index contributed by atoms with van der Waals surface area (Å²) in [6, 6.07) is 6.16. The minimum atomic E-state index is -0.422. The van der Waals surface area contributed by atoms with Crippen LogP contribution < -0.4 is 0 Å². The quantitative estimate of drug-likeness (QED) is 0.593. The number of methoxy groups -OCH3 is 1. The van der Waals surface area contributed by atoms with Gasteiger partial charge in [-0.1, -0.05) is 12.5 Å². The molecule has 1 N–H and O–H groups in total. The number of hydrogen-bond acceptors (Lipinski definition) is 6. The maximum absolute atomic E-state index is 11.8. The number of nitrogens with zero attached hydrogens (tertiary/aromatic N) is 4. The highest BCUT2D eigenvalue weighted by molar-refractivity contribution is 5.87. The predicted molar refractivity (Wildman–Crippen MR) is 112 cm³/mol. The lowest BCUT2D eigenvalue weighted by Crippen LogP contribution is -2.48. The Morgan fingerprint density at radius 3 is 2.87 bits per heavy atom. The smallest absolute Gasteiger partial charge is 0.356 e.